The molecule has 2 aliphatic rings. The van der Waals surface area contributed by atoms with Gasteiger partial charge in [-0.25, -0.2) is 4.98 Å². The van der Waals surface area contributed by atoms with Crippen molar-refractivity contribution in [2.24, 2.45) is 0 Å². The number of pyridine rings is 1. The number of nitriles is 2. The van der Waals surface area contributed by atoms with E-state index >= 15 is 0 Å². The zero-order chi connectivity index (χ0) is 23.8. The van der Waals surface area contributed by atoms with Crippen molar-refractivity contribution in [1.29, 1.82) is 10.5 Å². The monoisotopic (exact) mass is 441 g/mol. The highest BCUT2D eigenvalue weighted by atomic mass is 16.5. The van der Waals surface area contributed by atoms with Crippen molar-refractivity contribution in [3.8, 4) is 23.8 Å². The van der Waals surface area contributed by atoms with Gasteiger partial charge >= 0.3 is 0 Å². The van der Waals surface area contributed by atoms with Crippen LogP contribution >= 0.6 is 0 Å². The summed E-state index contributed by atoms with van der Waals surface area (Å²) in [4.78, 5) is 4.18. The second-order valence-electron chi connectivity index (χ2n) is 8.03. The number of fused-ring (bicyclic) bond motifs is 3. The molecule has 7 heteroatoms. The van der Waals surface area contributed by atoms with E-state index in [-0.39, 0.29) is 29.3 Å². The molecule has 166 valence electrons. The Hall–Kier alpha value is -3.91. The highest BCUT2D eigenvalue weighted by Crippen LogP contribution is 2.66. The van der Waals surface area contributed by atoms with Gasteiger partial charge < -0.3 is 19.7 Å². The van der Waals surface area contributed by atoms with Crippen LogP contribution in [0.25, 0.3) is 0 Å². The Bertz CT molecular complexity index is 1250. The molecule has 1 saturated carbocycles. The van der Waals surface area contributed by atoms with Crippen LogP contribution in [-0.2, 0) is 5.60 Å². The lowest BCUT2D eigenvalue weighted by Crippen LogP contribution is -2.55. The number of hydrogen-bond acceptors (Lipinski definition) is 7. The number of aliphatic hydroxyl groups is 2. The van der Waals surface area contributed by atoms with Crippen molar-refractivity contribution >= 4 is 0 Å². The van der Waals surface area contributed by atoms with Gasteiger partial charge in [0, 0.05) is 17.6 Å². The second-order valence-corrected chi connectivity index (χ2v) is 8.03. The number of nitrogens with zero attached hydrogens (tertiary/aromatic N) is 3. The van der Waals surface area contributed by atoms with Crippen LogP contribution in [0.3, 0.4) is 0 Å². The number of allylic oxidation sites excluding steroid dienone is 3. The summed E-state index contributed by atoms with van der Waals surface area (Å²) in [6.07, 6.45) is 3.81. The molecule has 7 nitrogen and oxygen atoms in total. The summed E-state index contributed by atoms with van der Waals surface area (Å²) in [6, 6.07) is 14.9. The van der Waals surface area contributed by atoms with Gasteiger partial charge in [-0.2, -0.15) is 10.5 Å². The molecule has 2 heterocycles. The van der Waals surface area contributed by atoms with Crippen LogP contribution in [0.15, 0.2) is 72.4 Å². The predicted molar refractivity (Wildman–Crippen MR) is 120 cm³/mol. The lowest BCUT2D eigenvalue weighted by Gasteiger charge is -2.41. The second kappa shape index (κ2) is 8.22. The maximum absolute atomic E-state index is 12.2. The third kappa shape index (κ3) is 3.06. The number of rotatable bonds is 5. The Kier molecular flexibility index (Phi) is 5.55. The topological polar surface area (TPSA) is 119 Å². The van der Waals surface area contributed by atoms with E-state index in [0.717, 1.165) is 5.56 Å². The number of benzene rings is 1. The fraction of sp³-hybridized carbons (Fsp3) is 0.269. The summed E-state index contributed by atoms with van der Waals surface area (Å²) >= 11 is 0. The third-order valence-corrected chi connectivity index (χ3v) is 6.49. The summed E-state index contributed by atoms with van der Waals surface area (Å²) in [5.41, 5.74) is -1.64. The summed E-state index contributed by atoms with van der Waals surface area (Å²) in [7, 11) is 1.38. The first-order valence-corrected chi connectivity index (χ1v) is 10.4. The van der Waals surface area contributed by atoms with Gasteiger partial charge in [0.2, 0.25) is 5.88 Å². The first-order valence-electron chi connectivity index (χ1n) is 10.4. The van der Waals surface area contributed by atoms with Crippen molar-refractivity contribution in [3.63, 3.8) is 0 Å². The molecule has 1 fully saturated rings. The molecule has 0 amide bonds. The quantitative estimate of drug-likeness (QED) is 0.539. The molecule has 0 spiro atoms. The normalized spacial score (nSPS) is 27.9. The van der Waals surface area contributed by atoms with E-state index in [2.05, 4.69) is 17.6 Å². The molecule has 4 atom stereocenters. The summed E-state index contributed by atoms with van der Waals surface area (Å²) < 4.78 is 11.9. The smallest absolute Gasteiger partial charge is 0.224 e. The van der Waals surface area contributed by atoms with E-state index < -0.39 is 23.2 Å². The average molecular weight is 441 g/mol. The number of aliphatic hydroxyl groups excluding tert-OH is 1. The number of methoxy groups -OCH3 is 1. The van der Waals surface area contributed by atoms with Crippen molar-refractivity contribution in [1.82, 2.24) is 4.98 Å². The molecule has 33 heavy (non-hydrogen) atoms. The average Bonchev–Trinajstić information content (AvgIpc) is 3.24. The Balaban J connectivity index is 1.99. The van der Waals surface area contributed by atoms with Gasteiger partial charge in [-0.3, -0.25) is 0 Å². The number of hydrogen-bond donors (Lipinski definition) is 2. The van der Waals surface area contributed by atoms with Gasteiger partial charge in [0.15, 0.2) is 11.2 Å². The highest BCUT2D eigenvalue weighted by molar-refractivity contribution is 5.61. The van der Waals surface area contributed by atoms with Crippen molar-refractivity contribution in [3.05, 3.63) is 89.2 Å². The van der Waals surface area contributed by atoms with E-state index in [4.69, 9.17) is 9.47 Å². The fourth-order valence-electron chi connectivity index (χ4n) is 4.99. The van der Waals surface area contributed by atoms with Crippen LogP contribution in [0.5, 0.6) is 11.6 Å². The molecule has 0 unspecified atom stereocenters. The Morgan fingerprint density at radius 1 is 1.30 bits per heavy atom. The predicted octanol–water partition coefficient (Wildman–Crippen LogP) is 3.41. The molecular weight excluding hydrogens is 418 g/mol. The van der Waals surface area contributed by atoms with Gasteiger partial charge in [-0.15, -0.1) is 0 Å². The summed E-state index contributed by atoms with van der Waals surface area (Å²) in [6.45, 7) is 5.95. The van der Waals surface area contributed by atoms with Crippen LogP contribution in [0.4, 0.5) is 0 Å². The number of aromatic nitrogens is 1. The largest absolute Gasteiger partial charge is 0.481 e. The molecular formula is C26H23N3O4. The molecule has 0 radical (unpaired) electrons. The zero-order valence-electron chi connectivity index (χ0n) is 18.3. The first-order chi connectivity index (χ1) is 15.9. The van der Waals surface area contributed by atoms with Gasteiger partial charge in [-0.05, 0) is 30.6 Å². The Morgan fingerprint density at radius 3 is 2.64 bits per heavy atom. The minimum Gasteiger partial charge on any atom is -0.481 e. The fourth-order valence-corrected chi connectivity index (χ4v) is 4.99. The van der Waals surface area contributed by atoms with Crippen molar-refractivity contribution in [2.75, 3.05) is 7.11 Å². The standard InChI is InChI=1S/C26H23N3O4/c1-4-17(14-27)11-10-16(2)26-20(18-8-6-5-7-9-18)13-22(30)25(26,31)23-21(33-26)12-19(15-28)29-24(23)32-3/h4-12,20,22,30-31H,2,13H2,1,3H3/b11-10-,17-4+/t20-,22+,25+,26-/m0/s1. The zero-order valence-corrected chi connectivity index (χ0v) is 18.3. The van der Waals surface area contributed by atoms with Crippen LogP contribution in [-0.4, -0.2) is 34.0 Å². The molecule has 1 aliphatic carbocycles. The minimum atomic E-state index is -1.96. The third-order valence-electron chi connectivity index (χ3n) is 6.49. The molecule has 2 N–H and O–H groups in total. The van der Waals surface area contributed by atoms with E-state index in [1.54, 1.807) is 25.2 Å². The lowest BCUT2D eigenvalue weighted by molar-refractivity contribution is -0.127. The van der Waals surface area contributed by atoms with E-state index in [9.17, 15) is 20.7 Å². The summed E-state index contributed by atoms with van der Waals surface area (Å²) in [5.74, 6) is -0.291. The highest BCUT2D eigenvalue weighted by Gasteiger charge is 2.73. The molecule has 0 saturated heterocycles. The van der Waals surface area contributed by atoms with Crippen LogP contribution in [0, 0.1) is 22.7 Å². The van der Waals surface area contributed by atoms with Crippen LogP contribution in [0.2, 0.25) is 0 Å². The van der Waals surface area contributed by atoms with Gasteiger partial charge in [-0.1, -0.05) is 49.1 Å². The van der Waals surface area contributed by atoms with E-state index in [1.165, 1.54) is 13.2 Å². The molecule has 1 aliphatic heterocycles. The molecule has 4 rings (SSSR count). The van der Waals surface area contributed by atoms with Gasteiger partial charge in [0.05, 0.1) is 24.8 Å². The first kappa shape index (κ1) is 22.3. The molecule has 1 aromatic heterocycles. The maximum atomic E-state index is 12.2. The van der Waals surface area contributed by atoms with Crippen LogP contribution < -0.4 is 9.47 Å². The summed E-state index contributed by atoms with van der Waals surface area (Å²) in [5, 5.41) is 42.2. The van der Waals surface area contributed by atoms with Crippen molar-refractivity contribution in [2.45, 2.75) is 36.6 Å². The number of ether oxygens (including phenoxy) is 2. The maximum Gasteiger partial charge on any atom is 0.224 e. The lowest BCUT2D eigenvalue weighted by atomic mass is 9.71. The minimum absolute atomic E-state index is 0.00383. The molecule has 1 aromatic carbocycles. The van der Waals surface area contributed by atoms with Crippen molar-refractivity contribution < 1.29 is 19.7 Å². The molecule has 0 bridgehead atoms. The Morgan fingerprint density at radius 2 is 2.03 bits per heavy atom. The molecule has 2 aromatic rings. The van der Waals surface area contributed by atoms with Gasteiger partial charge in [0.25, 0.3) is 0 Å². The van der Waals surface area contributed by atoms with E-state index in [1.807, 2.05) is 36.4 Å². The van der Waals surface area contributed by atoms with E-state index in [0.29, 0.717) is 11.1 Å². The Labute approximate surface area is 192 Å². The van der Waals surface area contributed by atoms with Gasteiger partial charge in [0.1, 0.15) is 17.5 Å². The van der Waals surface area contributed by atoms with Crippen LogP contribution in [0.1, 0.15) is 36.1 Å². The SMILES string of the molecule is C=C(/C=C\C(C#N)=C/C)[C@@]12Oc3cc(C#N)nc(OC)c3[C@]1(O)[C@H](O)C[C@H]2c1ccccc1.